The van der Waals surface area contributed by atoms with Crippen molar-refractivity contribution in [2.24, 2.45) is 5.92 Å². The lowest BCUT2D eigenvalue weighted by Crippen LogP contribution is -2.33. The molecule has 0 spiro atoms. The van der Waals surface area contributed by atoms with Crippen LogP contribution in [0.25, 0.3) is 0 Å². The topological polar surface area (TPSA) is 49.4 Å². The van der Waals surface area contributed by atoms with Crippen LogP contribution in [0.1, 0.15) is 41.6 Å². The summed E-state index contributed by atoms with van der Waals surface area (Å²) in [5.41, 5.74) is 1.30. The molecule has 20 heavy (non-hydrogen) atoms. The van der Waals surface area contributed by atoms with Crippen LogP contribution < -0.4 is 5.32 Å². The van der Waals surface area contributed by atoms with E-state index in [0.29, 0.717) is 13.0 Å². The maximum absolute atomic E-state index is 12.2. The number of amides is 2. The summed E-state index contributed by atoms with van der Waals surface area (Å²) in [6.07, 6.45) is 1.36. The number of rotatable bonds is 4. The summed E-state index contributed by atoms with van der Waals surface area (Å²) in [5, 5.41) is 3.04. The summed E-state index contributed by atoms with van der Waals surface area (Å²) in [5.74, 6) is -0.168. The smallest absolute Gasteiger partial charge is 0.225 e. The number of likely N-dealkylation sites (tertiary alicyclic amines) is 1. The molecular formula is C15H22N2O2S. The number of hydrogen-bond acceptors (Lipinski definition) is 3. The number of nitrogens with zero attached hydrogens (tertiary/aromatic N) is 1. The number of aryl methyl sites for hydroxylation is 2. The Morgan fingerprint density at radius 3 is 2.80 bits per heavy atom. The van der Waals surface area contributed by atoms with E-state index in [4.69, 9.17) is 0 Å². The molecule has 0 bridgehead atoms. The van der Waals surface area contributed by atoms with Crippen LogP contribution in [0.5, 0.6) is 0 Å². The van der Waals surface area contributed by atoms with E-state index in [-0.39, 0.29) is 23.8 Å². The highest BCUT2D eigenvalue weighted by molar-refractivity contribution is 7.12. The zero-order valence-corrected chi connectivity index (χ0v) is 13.3. The van der Waals surface area contributed by atoms with Crippen molar-refractivity contribution < 1.29 is 9.59 Å². The Balaban J connectivity index is 1.98. The zero-order chi connectivity index (χ0) is 14.9. The van der Waals surface area contributed by atoms with Gasteiger partial charge in [-0.05, 0) is 31.9 Å². The molecule has 1 saturated heterocycles. The fourth-order valence-corrected chi connectivity index (χ4v) is 3.67. The molecule has 4 nitrogen and oxygen atoms in total. The Bertz CT molecular complexity index is 524. The van der Waals surface area contributed by atoms with Crippen LogP contribution in [0.2, 0.25) is 0 Å². The SMILES string of the molecule is CCc1sc([C@H](C)NC(=O)[C@H]2CC(=O)N(C)C2)cc1C. The van der Waals surface area contributed by atoms with Gasteiger partial charge in [0, 0.05) is 29.8 Å². The standard InChI is InChI=1S/C15H22N2O2S/c1-5-12-9(2)6-13(20-12)10(3)16-15(19)11-7-14(18)17(4)8-11/h6,10-11H,5,7-8H2,1-4H3,(H,16,19)/t10-,11-/m0/s1. The molecular weight excluding hydrogens is 272 g/mol. The summed E-state index contributed by atoms with van der Waals surface area (Å²) >= 11 is 1.76. The van der Waals surface area contributed by atoms with Gasteiger partial charge in [-0.3, -0.25) is 9.59 Å². The molecule has 110 valence electrons. The van der Waals surface area contributed by atoms with Crippen molar-refractivity contribution >= 4 is 23.2 Å². The zero-order valence-electron chi connectivity index (χ0n) is 12.5. The third kappa shape index (κ3) is 3.03. The maximum atomic E-state index is 12.2. The van der Waals surface area contributed by atoms with Gasteiger partial charge < -0.3 is 10.2 Å². The predicted octanol–water partition coefficient (Wildman–Crippen LogP) is 2.27. The van der Waals surface area contributed by atoms with Gasteiger partial charge in [0.05, 0.1) is 12.0 Å². The van der Waals surface area contributed by atoms with E-state index in [1.807, 2.05) is 6.92 Å². The fourth-order valence-electron chi connectivity index (χ4n) is 2.55. The van der Waals surface area contributed by atoms with Gasteiger partial charge in [-0.15, -0.1) is 11.3 Å². The highest BCUT2D eigenvalue weighted by Crippen LogP contribution is 2.28. The minimum Gasteiger partial charge on any atom is -0.348 e. The molecule has 1 aliphatic heterocycles. The third-order valence-corrected chi connectivity index (χ3v) is 5.42. The molecule has 0 aliphatic carbocycles. The molecule has 2 atom stereocenters. The van der Waals surface area contributed by atoms with Gasteiger partial charge in [-0.1, -0.05) is 6.92 Å². The molecule has 1 aliphatic rings. The second-order valence-electron chi connectivity index (χ2n) is 5.51. The van der Waals surface area contributed by atoms with Crippen molar-refractivity contribution in [3.8, 4) is 0 Å². The number of thiophene rings is 1. The quantitative estimate of drug-likeness (QED) is 0.926. The van der Waals surface area contributed by atoms with Gasteiger partial charge in [-0.25, -0.2) is 0 Å². The van der Waals surface area contributed by atoms with Crippen molar-refractivity contribution in [1.29, 1.82) is 0 Å². The van der Waals surface area contributed by atoms with Gasteiger partial charge in [0.1, 0.15) is 0 Å². The maximum Gasteiger partial charge on any atom is 0.225 e. The Labute approximate surface area is 124 Å². The minimum absolute atomic E-state index is 0.00695. The van der Waals surface area contributed by atoms with Crippen molar-refractivity contribution in [1.82, 2.24) is 10.2 Å². The molecule has 0 aromatic carbocycles. The van der Waals surface area contributed by atoms with Gasteiger partial charge in [-0.2, -0.15) is 0 Å². The van der Waals surface area contributed by atoms with Crippen LogP contribution >= 0.6 is 11.3 Å². The summed E-state index contributed by atoms with van der Waals surface area (Å²) in [7, 11) is 1.75. The molecule has 0 unspecified atom stereocenters. The second kappa shape index (κ2) is 5.95. The summed E-state index contributed by atoms with van der Waals surface area (Å²) in [6.45, 7) is 6.79. The van der Waals surface area contributed by atoms with E-state index in [1.54, 1.807) is 23.3 Å². The van der Waals surface area contributed by atoms with Gasteiger partial charge in [0.15, 0.2) is 0 Å². The van der Waals surface area contributed by atoms with E-state index in [1.165, 1.54) is 15.3 Å². The van der Waals surface area contributed by atoms with E-state index < -0.39 is 0 Å². The van der Waals surface area contributed by atoms with Crippen molar-refractivity contribution in [3.05, 3.63) is 21.4 Å². The number of carbonyl (C=O) groups is 2. The normalized spacial score (nSPS) is 20.3. The van der Waals surface area contributed by atoms with Crippen LogP contribution in [0.15, 0.2) is 6.07 Å². The molecule has 1 aromatic rings. The molecule has 2 amide bonds. The number of nitrogens with one attached hydrogen (secondary N) is 1. The molecule has 1 aromatic heterocycles. The van der Waals surface area contributed by atoms with Crippen LogP contribution in [-0.4, -0.2) is 30.3 Å². The van der Waals surface area contributed by atoms with Crippen LogP contribution in [-0.2, 0) is 16.0 Å². The van der Waals surface area contributed by atoms with Gasteiger partial charge in [0.25, 0.3) is 0 Å². The largest absolute Gasteiger partial charge is 0.348 e. The number of carbonyl (C=O) groups excluding carboxylic acids is 2. The summed E-state index contributed by atoms with van der Waals surface area (Å²) in [6, 6.07) is 2.16. The Morgan fingerprint density at radius 1 is 1.60 bits per heavy atom. The summed E-state index contributed by atoms with van der Waals surface area (Å²) < 4.78 is 0. The Kier molecular flexibility index (Phi) is 4.48. The van der Waals surface area contributed by atoms with E-state index in [9.17, 15) is 9.59 Å². The minimum atomic E-state index is -0.207. The van der Waals surface area contributed by atoms with Crippen molar-refractivity contribution in [2.45, 2.75) is 39.7 Å². The first kappa shape index (κ1) is 15.0. The molecule has 0 radical (unpaired) electrons. The molecule has 2 heterocycles. The van der Waals surface area contributed by atoms with Gasteiger partial charge in [0.2, 0.25) is 11.8 Å². The first-order valence-electron chi connectivity index (χ1n) is 7.05. The van der Waals surface area contributed by atoms with E-state index >= 15 is 0 Å². The van der Waals surface area contributed by atoms with Crippen LogP contribution in [0.4, 0.5) is 0 Å². The average molecular weight is 294 g/mol. The third-order valence-electron chi connectivity index (χ3n) is 3.86. The first-order chi connectivity index (χ1) is 9.42. The van der Waals surface area contributed by atoms with Crippen LogP contribution in [0.3, 0.4) is 0 Å². The van der Waals surface area contributed by atoms with E-state index in [0.717, 1.165) is 6.42 Å². The van der Waals surface area contributed by atoms with E-state index in [2.05, 4.69) is 25.2 Å². The lowest BCUT2D eigenvalue weighted by atomic mass is 10.1. The monoisotopic (exact) mass is 294 g/mol. The molecule has 0 saturated carbocycles. The lowest BCUT2D eigenvalue weighted by molar-refractivity contribution is -0.128. The summed E-state index contributed by atoms with van der Waals surface area (Å²) in [4.78, 5) is 27.9. The van der Waals surface area contributed by atoms with Crippen molar-refractivity contribution in [3.63, 3.8) is 0 Å². The lowest BCUT2D eigenvalue weighted by Gasteiger charge is -2.15. The highest BCUT2D eigenvalue weighted by Gasteiger charge is 2.32. The Morgan fingerprint density at radius 2 is 2.30 bits per heavy atom. The predicted molar refractivity (Wildman–Crippen MR) is 80.7 cm³/mol. The second-order valence-corrected chi connectivity index (χ2v) is 6.68. The number of hydrogen-bond donors (Lipinski definition) is 1. The highest BCUT2D eigenvalue weighted by atomic mass is 32.1. The molecule has 1 N–H and O–H groups in total. The van der Waals surface area contributed by atoms with Crippen LogP contribution in [0, 0.1) is 12.8 Å². The molecule has 5 heteroatoms. The Hall–Kier alpha value is -1.36. The molecule has 1 fully saturated rings. The van der Waals surface area contributed by atoms with Crippen molar-refractivity contribution in [2.75, 3.05) is 13.6 Å². The fraction of sp³-hybridized carbons (Fsp3) is 0.600. The first-order valence-corrected chi connectivity index (χ1v) is 7.87. The van der Waals surface area contributed by atoms with Gasteiger partial charge >= 0.3 is 0 Å². The molecule has 2 rings (SSSR count). The average Bonchev–Trinajstić information content (AvgIpc) is 2.93.